The molecule has 2 aliphatic heterocycles. The number of carbonyl (C=O) groups excluding carboxylic acids is 2. The highest BCUT2D eigenvalue weighted by Crippen LogP contribution is 2.42. The normalized spacial score (nSPS) is 19.1. The van der Waals surface area contributed by atoms with E-state index in [1.54, 1.807) is 24.3 Å². The summed E-state index contributed by atoms with van der Waals surface area (Å²) in [6, 6.07) is 11.4. The van der Waals surface area contributed by atoms with Crippen molar-refractivity contribution >= 4 is 17.6 Å². The Labute approximate surface area is 170 Å². The predicted octanol–water partition coefficient (Wildman–Crippen LogP) is 4.44. The van der Waals surface area contributed by atoms with Crippen LogP contribution in [0, 0.1) is 0 Å². The van der Waals surface area contributed by atoms with Gasteiger partial charge >= 0.3 is 12.1 Å². The van der Waals surface area contributed by atoms with Gasteiger partial charge in [-0.1, -0.05) is 12.1 Å². The van der Waals surface area contributed by atoms with Crippen LogP contribution in [0.1, 0.15) is 30.4 Å². The molecule has 2 aliphatic rings. The van der Waals surface area contributed by atoms with Crippen molar-refractivity contribution in [3.63, 3.8) is 0 Å². The van der Waals surface area contributed by atoms with Gasteiger partial charge in [0, 0.05) is 18.0 Å². The van der Waals surface area contributed by atoms with Crippen LogP contribution in [0.5, 0.6) is 5.75 Å². The molecular weight excluding hydrogens is 399 g/mol. The summed E-state index contributed by atoms with van der Waals surface area (Å²) >= 11 is 0. The Morgan fingerprint density at radius 3 is 2.33 bits per heavy atom. The average molecular weight is 417 g/mol. The van der Waals surface area contributed by atoms with E-state index in [0.29, 0.717) is 23.6 Å². The highest BCUT2D eigenvalue weighted by Gasteiger charge is 2.43. The Morgan fingerprint density at radius 1 is 1.07 bits per heavy atom. The number of nitrogens with zero attached hydrogens (tertiary/aromatic N) is 1. The number of rotatable bonds is 4. The van der Waals surface area contributed by atoms with Crippen LogP contribution in [0.2, 0.25) is 0 Å². The molecule has 0 saturated heterocycles. The van der Waals surface area contributed by atoms with E-state index in [1.165, 1.54) is 17.0 Å². The summed E-state index contributed by atoms with van der Waals surface area (Å²) in [7, 11) is 0. The Balaban J connectivity index is 1.71. The number of hydrogen-bond acceptors (Lipinski definition) is 4. The van der Waals surface area contributed by atoms with Crippen molar-refractivity contribution in [3.8, 4) is 5.75 Å². The second-order valence-corrected chi connectivity index (χ2v) is 6.97. The first kappa shape index (κ1) is 20.0. The lowest BCUT2D eigenvalue weighted by atomic mass is 9.84. The zero-order valence-corrected chi connectivity index (χ0v) is 16.0. The number of esters is 1. The van der Waals surface area contributed by atoms with Gasteiger partial charge < -0.3 is 9.47 Å². The average Bonchev–Trinajstić information content (AvgIpc) is 3.09. The molecule has 1 amide bonds. The van der Waals surface area contributed by atoms with Crippen LogP contribution in [-0.4, -0.2) is 25.1 Å². The van der Waals surface area contributed by atoms with Gasteiger partial charge in [0.2, 0.25) is 5.91 Å². The first-order valence-electron chi connectivity index (χ1n) is 9.42. The van der Waals surface area contributed by atoms with E-state index in [4.69, 9.17) is 9.47 Å². The molecule has 0 spiro atoms. The number of amides is 1. The zero-order chi connectivity index (χ0) is 21.5. The van der Waals surface area contributed by atoms with Gasteiger partial charge in [-0.05, 0) is 48.9 Å². The molecule has 0 aromatic heterocycles. The monoisotopic (exact) mass is 417 g/mol. The third-order valence-corrected chi connectivity index (χ3v) is 5.16. The standard InChI is InChI=1S/C22H18F3NO4/c1-2-29-16-9-3-13(4-10-16)17-11-19(27)26(18-12-30-21(28)20(17)18)15-7-5-14(6-8-15)22(23,24)25/h3-10,17H,2,11-12H2,1H3. The summed E-state index contributed by atoms with van der Waals surface area (Å²) in [4.78, 5) is 26.7. The minimum absolute atomic E-state index is 0.00291. The van der Waals surface area contributed by atoms with E-state index in [2.05, 4.69) is 0 Å². The van der Waals surface area contributed by atoms with Crippen LogP contribution >= 0.6 is 0 Å². The fourth-order valence-corrected chi connectivity index (χ4v) is 3.80. The number of hydrogen-bond donors (Lipinski definition) is 0. The Hall–Kier alpha value is -3.29. The highest BCUT2D eigenvalue weighted by atomic mass is 19.4. The SMILES string of the molecule is CCOc1ccc(C2CC(=O)N(c3ccc(C(F)(F)F)cc3)C3=C2C(=O)OC3)cc1. The van der Waals surface area contributed by atoms with E-state index in [0.717, 1.165) is 17.7 Å². The fraction of sp³-hybridized carbons (Fsp3) is 0.273. The first-order chi connectivity index (χ1) is 14.3. The molecule has 2 aromatic carbocycles. The predicted molar refractivity (Wildman–Crippen MR) is 102 cm³/mol. The number of alkyl halides is 3. The fourth-order valence-electron chi connectivity index (χ4n) is 3.80. The number of anilines is 1. The second kappa shape index (κ2) is 7.51. The number of benzene rings is 2. The molecule has 0 saturated carbocycles. The maximum Gasteiger partial charge on any atom is 0.416 e. The van der Waals surface area contributed by atoms with Crippen LogP contribution in [0.3, 0.4) is 0 Å². The lowest BCUT2D eigenvalue weighted by Gasteiger charge is -2.32. The molecule has 0 N–H and O–H groups in total. The third-order valence-electron chi connectivity index (χ3n) is 5.16. The molecule has 2 heterocycles. The van der Waals surface area contributed by atoms with Crippen LogP contribution < -0.4 is 9.64 Å². The van der Waals surface area contributed by atoms with E-state index >= 15 is 0 Å². The second-order valence-electron chi connectivity index (χ2n) is 6.97. The topological polar surface area (TPSA) is 55.8 Å². The minimum Gasteiger partial charge on any atom is -0.494 e. The molecular formula is C22H18F3NO4. The molecule has 30 heavy (non-hydrogen) atoms. The summed E-state index contributed by atoms with van der Waals surface area (Å²) in [5.41, 5.74) is 0.957. The Bertz CT molecular complexity index is 1010. The summed E-state index contributed by atoms with van der Waals surface area (Å²) in [5.74, 6) is -0.638. The molecule has 2 aromatic rings. The zero-order valence-electron chi connectivity index (χ0n) is 16.0. The smallest absolute Gasteiger partial charge is 0.416 e. The molecule has 156 valence electrons. The quantitative estimate of drug-likeness (QED) is 0.691. The van der Waals surface area contributed by atoms with E-state index < -0.39 is 23.6 Å². The summed E-state index contributed by atoms with van der Waals surface area (Å²) in [5, 5.41) is 0. The molecule has 0 radical (unpaired) electrons. The summed E-state index contributed by atoms with van der Waals surface area (Å²) in [6.07, 6.45) is -4.47. The van der Waals surface area contributed by atoms with Crippen LogP contribution in [0.4, 0.5) is 18.9 Å². The van der Waals surface area contributed by atoms with Crippen molar-refractivity contribution in [2.45, 2.75) is 25.4 Å². The van der Waals surface area contributed by atoms with Gasteiger partial charge in [0.05, 0.1) is 23.4 Å². The van der Waals surface area contributed by atoms with Crippen molar-refractivity contribution in [1.82, 2.24) is 0 Å². The van der Waals surface area contributed by atoms with Crippen molar-refractivity contribution < 1.29 is 32.2 Å². The van der Waals surface area contributed by atoms with Gasteiger partial charge in [-0.25, -0.2) is 4.79 Å². The van der Waals surface area contributed by atoms with Crippen molar-refractivity contribution in [2.75, 3.05) is 18.1 Å². The van der Waals surface area contributed by atoms with E-state index in [1.807, 2.05) is 6.92 Å². The molecule has 8 heteroatoms. The summed E-state index contributed by atoms with van der Waals surface area (Å²) in [6.45, 7) is 2.29. The molecule has 0 aliphatic carbocycles. The third kappa shape index (κ3) is 3.53. The van der Waals surface area contributed by atoms with E-state index in [-0.39, 0.29) is 24.6 Å². The van der Waals surface area contributed by atoms with Crippen molar-refractivity contribution in [2.24, 2.45) is 0 Å². The molecule has 4 rings (SSSR count). The van der Waals surface area contributed by atoms with Gasteiger partial charge in [-0.3, -0.25) is 9.69 Å². The van der Waals surface area contributed by atoms with Gasteiger partial charge in [0.15, 0.2) is 0 Å². The maximum atomic E-state index is 13.0. The van der Waals surface area contributed by atoms with Crippen LogP contribution in [0.15, 0.2) is 59.8 Å². The Morgan fingerprint density at radius 2 is 1.73 bits per heavy atom. The molecule has 5 nitrogen and oxygen atoms in total. The number of halogens is 3. The Kier molecular flexibility index (Phi) is 5.01. The number of ether oxygens (including phenoxy) is 2. The minimum atomic E-state index is -4.47. The lowest BCUT2D eigenvalue weighted by molar-refractivity contribution is -0.138. The van der Waals surface area contributed by atoms with Crippen LogP contribution in [0.25, 0.3) is 0 Å². The van der Waals surface area contributed by atoms with Gasteiger partial charge in [-0.2, -0.15) is 13.2 Å². The summed E-state index contributed by atoms with van der Waals surface area (Å²) < 4.78 is 49.2. The van der Waals surface area contributed by atoms with Crippen LogP contribution in [-0.2, 0) is 20.5 Å². The number of cyclic esters (lactones) is 1. The molecule has 0 fully saturated rings. The van der Waals surface area contributed by atoms with Gasteiger partial charge in [0.1, 0.15) is 12.4 Å². The van der Waals surface area contributed by atoms with Gasteiger partial charge in [-0.15, -0.1) is 0 Å². The van der Waals surface area contributed by atoms with E-state index in [9.17, 15) is 22.8 Å². The number of carbonyl (C=O) groups is 2. The molecule has 0 bridgehead atoms. The first-order valence-corrected chi connectivity index (χ1v) is 9.42. The molecule has 1 unspecified atom stereocenters. The largest absolute Gasteiger partial charge is 0.494 e. The molecule has 1 atom stereocenters. The van der Waals surface area contributed by atoms with Crippen molar-refractivity contribution in [1.29, 1.82) is 0 Å². The van der Waals surface area contributed by atoms with Crippen molar-refractivity contribution in [3.05, 3.63) is 70.9 Å². The lowest BCUT2D eigenvalue weighted by Crippen LogP contribution is -2.37. The highest BCUT2D eigenvalue weighted by molar-refractivity contribution is 6.06. The van der Waals surface area contributed by atoms with Gasteiger partial charge in [0.25, 0.3) is 0 Å². The maximum absolute atomic E-state index is 13.0.